The van der Waals surface area contributed by atoms with Crippen molar-refractivity contribution in [3.05, 3.63) is 23.8 Å². The lowest BCUT2D eigenvalue weighted by Gasteiger charge is -2.19. The lowest BCUT2D eigenvalue weighted by molar-refractivity contribution is 0.203. The van der Waals surface area contributed by atoms with Crippen molar-refractivity contribution in [2.24, 2.45) is 4.99 Å². The van der Waals surface area contributed by atoms with Gasteiger partial charge in [0.25, 0.3) is 0 Å². The van der Waals surface area contributed by atoms with Gasteiger partial charge in [-0.1, -0.05) is 19.9 Å². The minimum atomic E-state index is 0.633. The van der Waals surface area contributed by atoms with Crippen molar-refractivity contribution in [3.8, 4) is 11.5 Å². The fraction of sp³-hybridized carbons (Fsp3) is 0.632. The van der Waals surface area contributed by atoms with Gasteiger partial charge in [0.1, 0.15) is 6.61 Å². The van der Waals surface area contributed by atoms with Gasteiger partial charge in [0.2, 0.25) is 0 Å². The van der Waals surface area contributed by atoms with Crippen LogP contribution in [0.2, 0.25) is 0 Å². The molecular formula is C19H34N4O3. The van der Waals surface area contributed by atoms with Gasteiger partial charge in [-0.25, -0.2) is 0 Å². The Kier molecular flexibility index (Phi) is 11.2. The zero-order chi connectivity index (χ0) is 19.2. The minimum Gasteiger partial charge on any atom is -0.493 e. The highest BCUT2D eigenvalue weighted by Crippen LogP contribution is 2.28. The van der Waals surface area contributed by atoms with Crippen LogP contribution in [-0.2, 0) is 11.3 Å². The zero-order valence-electron chi connectivity index (χ0n) is 16.8. The van der Waals surface area contributed by atoms with E-state index in [0.717, 1.165) is 42.7 Å². The number of hydrogen-bond donors (Lipinski definition) is 2. The van der Waals surface area contributed by atoms with Crippen LogP contribution < -0.4 is 20.1 Å². The highest BCUT2D eigenvalue weighted by atomic mass is 16.5. The summed E-state index contributed by atoms with van der Waals surface area (Å²) in [4.78, 5) is 6.51. The Labute approximate surface area is 157 Å². The molecule has 0 atom stereocenters. The summed E-state index contributed by atoms with van der Waals surface area (Å²) < 4.78 is 16.4. The molecule has 148 valence electrons. The standard InChI is InChI=1S/C19H34N4O3/c1-6-23(7-2)11-13-26-17-9-8-16(14-18(17)25-5)15-22-19(20-3)21-10-12-24-4/h8-9,14H,6-7,10-13,15H2,1-5H3,(H2,20,21,22). The maximum absolute atomic E-state index is 5.89. The van der Waals surface area contributed by atoms with Crippen molar-refractivity contribution < 1.29 is 14.2 Å². The van der Waals surface area contributed by atoms with Crippen molar-refractivity contribution in [3.63, 3.8) is 0 Å². The molecule has 0 amide bonds. The normalized spacial score (nSPS) is 11.5. The molecule has 0 unspecified atom stereocenters. The molecule has 0 aromatic heterocycles. The van der Waals surface area contributed by atoms with Gasteiger partial charge in [0.15, 0.2) is 17.5 Å². The van der Waals surface area contributed by atoms with E-state index in [0.29, 0.717) is 26.3 Å². The zero-order valence-corrected chi connectivity index (χ0v) is 16.8. The summed E-state index contributed by atoms with van der Waals surface area (Å²) in [5.74, 6) is 2.25. The van der Waals surface area contributed by atoms with E-state index in [2.05, 4.69) is 34.4 Å². The highest BCUT2D eigenvalue weighted by molar-refractivity contribution is 5.79. The molecule has 0 spiro atoms. The monoisotopic (exact) mass is 366 g/mol. The Bertz CT molecular complexity index is 534. The second-order valence-corrected chi connectivity index (χ2v) is 5.71. The average molecular weight is 367 g/mol. The molecule has 0 bridgehead atoms. The number of ether oxygens (including phenoxy) is 3. The van der Waals surface area contributed by atoms with E-state index >= 15 is 0 Å². The van der Waals surface area contributed by atoms with Crippen molar-refractivity contribution in [2.45, 2.75) is 20.4 Å². The van der Waals surface area contributed by atoms with Crippen molar-refractivity contribution in [2.75, 3.05) is 60.7 Å². The Balaban J connectivity index is 2.56. The SMILES string of the molecule is CCN(CC)CCOc1ccc(CNC(=NC)NCCOC)cc1OC. The molecular weight excluding hydrogens is 332 g/mol. The second kappa shape index (κ2) is 13.2. The number of likely N-dealkylation sites (N-methyl/N-ethyl adjacent to an activating group) is 1. The smallest absolute Gasteiger partial charge is 0.191 e. The van der Waals surface area contributed by atoms with E-state index in [9.17, 15) is 0 Å². The van der Waals surface area contributed by atoms with E-state index in [1.165, 1.54) is 0 Å². The maximum Gasteiger partial charge on any atom is 0.191 e. The van der Waals surface area contributed by atoms with Crippen LogP contribution in [0.5, 0.6) is 11.5 Å². The molecule has 7 heteroatoms. The Morgan fingerprint density at radius 1 is 1.08 bits per heavy atom. The predicted octanol–water partition coefficient (Wildman–Crippen LogP) is 1.73. The van der Waals surface area contributed by atoms with Crippen LogP contribution in [0.25, 0.3) is 0 Å². The lowest BCUT2D eigenvalue weighted by atomic mass is 10.2. The first-order valence-electron chi connectivity index (χ1n) is 9.13. The molecule has 0 heterocycles. The fourth-order valence-corrected chi connectivity index (χ4v) is 2.44. The van der Waals surface area contributed by atoms with Crippen molar-refractivity contribution >= 4 is 5.96 Å². The summed E-state index contributed by atoms with van der Waals surface area (Å²) in [7, 11) is 5.08. The average Bonchev–Trinajstić information content (AvgIpc) is 2.68. The Morgan fingerprint density at radius 2 is 1.85 bits per heavy atom. The first kappa shape index (κ1) is 22.1. The summed E-state index contributed by atoms with van der Waals surface area (Å²) in [6.07, 6.45) is 0. The molecule has 7 nitrogen and oxygen atoms in total. The van der Waals surface area contributed by atoms with E-state index in [1.54, 1.807) is 21.3 Å². The first-order valence-corrected chi connectivity index (χ1v) is 9.13. The van der Waals surface area contributed by atoms with Crippen molar-refractivity contribution in [1.82, 2.24) is 15.5 Å². The number of benzene rings is 1. The van der Waals surface area contributed by atoms with Gasteiger partial charge in [0.05, 0.1) is 13.7 Å². The summed E-state index contributed by atoms with van der Waals surface area (Å²) in [6.45, 7) is 9.90. The third-order valence-electron chi connectivity index (χ3n) is 4.07. The Morgan fingerprint density at radius 3 is 2.46 bits per heavy atom. The quantitative estimate of drug-likeness (QED) is 0.334. The van der Waals surface area contributed by atoms with Gasteiger partial charge in [0, 0.05) is 33.8 Å². The van der Waals surface area contributed by atoms with Gasteiger partial charge >= 0.3 is 0 Å². The molecule has 0 aliphatic rings. The fourth-order valence-electron chi connectivity index (χ4n) is 2.44. The van der Waals surface area contributed by atoms with Gasteiger partial charge < -0.3 is 29.7 Å². The van der Waals surface area contributed by atoms with Crippen LogP contribution in [0.4, 0.5) is 0 Å². The van der Waals surface area contributed by atoms with Crippen LogP contribution in [0.3, 0.4) is 0 Å². The van der Waals surface area contributed by atoms with Gasteiger partial charge in [-0.3, -0.25) is 4.99 Å². The van der Waals surface area contributed by atoms with E-state index in [4.69, 9.17) is 14.2 Å². The third-order valence-corrected chi connectivity index (χ3v) is 4.07. The molecule has 1 aromatic rings. The molecule has 0 saturated heterocycles. The van der Waals surface area contributed by atoms with Crippen LogP contribution in [0, 0.1) is 0 Å². The van der Waals surface area contributed by atoms with Crippen LogP contribution in [0.15, 0.2) is 23.2 Å². The molecule has 0 aliphatic heterocycles. The number of hydrogen-bond acceptors (Lipinski definition) is 5. The molecule has 26 heavy (non-hydrogen) atoms. The number of rotatable bonds is 12. The minimum absolute atomic E-state index is 0.633. The van der Waals surface area contributed by atoms with Crippen molar-refractivity contribution in [1.29, 1.82) is 0 Å². The van der Waals surface area contributed by atoms with E-state index < -0.39 is 0 Å². The van der Waals surface area contributed by atoms with Crippen LogP contribution in [0.1, 0.15) is 19.4 Å². The summed E-state index contributed by atoms with van der Waals surface area (Å²) in [6, 6.07) is 5.98. The highest BCUT2D eigenvalue weighted by Gasteiger charge is 2.07. The number of nitrogens with zero attached hydrogens (tertiary/aromatic N) is 2. The largest absolute Gasteiger partial charge is 0.493 e. The van der Waals surface area contributed by atoms with Crippen LogP contribution >= 0.6 is 0 Å². The first-order chi connectivity index (χ1) is 12.7. The molecule has 1 rings (SSSR count). The Hall–Kier alpha value is -1.99. The van der Waals surface area contributed by atoms with E-state index in [1.807, 2.05) is 18.2 Å². The summed E-state index contributed by atoms with van der Waals surface area (Å²) >= 11 is 0. The number of nitrogens with one attached hydrogen (secondary N) is 2. The van der Waals surface area contributed by atoms with Gasteiger partial charge in [-0.05, 0) is 30.8 Å². The number of aliphatic imine (C=N–C) groups is 1. The lowest BCUT2D eigenvalue weighted by Crippen LogP contribution is -2.38. The topological polar surface area (TPSA) is 67.4 Å². The second-order valence-electron chi connectivity index (χ2n) is 5.71. The number of guanidine groups is 1. The van der Waals surface area contributed by atoms with Gasteiger partial charge in [-0.2, -0.15) is 0 Å². The molecule has 0 aliphatic carbocycles. The van der Waals surface area contributed by atoms with Crippen LogP contribution in [-0.4, -0.2) is 71.5 Å². The summed E-state index contributed by atoms with van der Waals surface area (Å²) in [5.41, 5.74) is 1.09. The predicted molar refractivity (Wildman–Crippen MR) is 106 cm³/mol. The molecule has 0 radical (unpaired) electrons. The van der Waals surface area contributed by atoms with Gasteiger partial charge in [-0.15, -0.1) is 0 Å². The van der Waals surface area contributed by atoms with E-state index in [-0.39, 0.29) is 0 Å². The third kappa shape index (κ3) is 7.93. The summed E-state index contributed by atoms with van der Waals surface area (Å²) in [5, 5.41) is 6.45. The molecule has 2 N–H and O–H groups in total. The number of methoxy groups -OCH3 is 2. The molecule has 0 saturated carbocycles. The maximum atomic E-state index is 5.89. The molecule has 0 fully saturated rings. The molecule has 1 aromatic carbocycles.